The normalized spacial score (nSPS) is 24.2. The van der Waals surface area contributed by atoms with Gasteiger partial charge in [0.15, 0.2) is 11.8 Å². The molecule has 2 rings (SSSR count). The van der Waals surface area contributed by atoms with Gasteiger partial charge in [0, 0.05) is 5.75 Å². The molecule has 2 aliphatic heterocycles. The van der Waals surface area contributed by atoms with Crippen molar-refractivity contribution in [1.29, 1.82) is 0 Å². The van der Waals surface area contributed by atoms with E-state index in [1.54, 1.807) is 6.92 Å². The minimum Gasteiger partial charge on any atom is -0.479 e. The van der Waals surface area contributed by atoms with Crippen molar-refractivity contribution < 1.29 is 33.9 Å². The number of hydrogen-bond donors (Lipinski definition) is 3. The second-order valence-electron chi connectivity index (χ2n) is 5.95. The molecule has 0 bridgehead atoms. The van der Waals surface area contributed by atoms with Crippen molar-refractivity contribution >= 4 is 47.1 Å². The van der Waals surface area contributed by atoms with Crippen LogP contribution in [0.1, 0.15) is 13.8 Å². The van der Waals surface area contributed by atoms with Gasteiger partial charge in [-0.15, -0.1) is 11.8 Å². The highest BCUT2D eigenvalue weighted by Crippen LogP contribution is 2.39. The number of thioether (sulfide) groups is 1. The summed E-state index contributed by atoms with van der Waals surface area (Å²) >= 11 is 1.30. The summed E-state index contributed by atoms with van der Waals surface area (Å²) in [6.07, 6.45) is -0.813. The lowest BCUT2D eigenvalue weighted by Crippen LogP contribution is -2.75. The minimum atomic E-state index is -1.17. The Hall–Kier alpha value is -3.09. The monoisotopic (exact) mass is 427 g/mol. The number of β-lactam (4-membered cyclic amide) rings is 1. The van der Waals surface area contributed by atoms with Gasteiger partial charge >= 0.3 is 12.1 Å². The molecular weight excluding hydrogens is 406 g/mol. The van der Waals surface area contributed by atoms with E-state index < -0.39 is 41.3 Å². The van der Waals surface area contributed by atoms with Crippen molar-refractivity contribution in [2.75, 3.05) is 19.5 Å². The van der Waals surface area contributed by atoms with Crippen LogP contribution in [0, 0.1) is 0 Å². The summed E-state index contributed by atoms with van der Waals surface area (Å²) in [5.41, 5.74) is 2.24. The van der Waals surface area contributed by atoms with E-state index in [0.717, 1.165) is 0 Å². The van der Waals surface area contributed by atoms with E-state index in [4.69, 9.17) is 0 Å². The Labute approximate surface area is 170 Å². The molecule has 13 heteroatoms. The standard InChI is InChI=1S/C16H21N5O7S/c1-5-28-16(26)19-18-8(3)9(20-27-4)12(22)17-10-13(23)21-11(15(24)25)7(2)6-29-14(10)21/h10-11,14H,2,5-6H2,1,3-4H3,(H,17,22)(H,19,26)(H,24,25)/t10?,11?,14-/m1/s1. The Morgan fingerprint density at radius 1 is 1.41 bits per heavy atom. The molecule has 3 atom stereocenters. The van der Waals surface area contributed by atoms with Gasteiger partial charge in [-0.2, -0.15) is 5.10 Å². The molecule has 2 aliphatic rings. The maximum absolute atomic E-state index is 12.6. The summed E-state index contributed by atoms with van der Waals surface area (Å²) in [5, 5.41) is 18.6. The van der Waals surface area contributed by atoms with Crippen LogP contribution in [0.5, 0.6) is 0 Å². The number of amides is 3. The first kappa shape index (κ1) is 22.2. The highest BCUT2D eigenvalue weighted by molar-refractivity contribution is 8.00. The van der Waals surface area contributed by atoms with Gasteiger partial charge in [-0.05, 0) is 19.4 Å². The van der Waals surface area contributed by atoms with Crippen LogP contribution >= 0.6 is 11.8 Å². The molecule has 0 aliphatic carbocycles. The number of aliphatic carboxylic acids is 1. The largest absolute Gasteiger partial charge is 0.479 e. The van der Waals surface area contributed by atoms with Gasteiger partial charge in [-0.1, -0.05) is 11.7 Å². The van der Waals surface area contributed by atoms with E-state index in [2.05, 4.69) is 37.2 Å². The maximum Gasteiger partial charge on any atom is 0.427 e. The van der Waals surface area contributed by atoms with Crippen molar-refractivity contribution in [3.8, 4) is 0 Å². The quantitative estimate of drug-likeness (QED) is 0.213. The molecule has 2 unspecified atom stereocenters. The fourth-order valence-electron chi connectivity index (χ4n) is 2.75. The molecule has 0 saturated carbocycles. The number of nitrogens with zero attached hydrogens (tertiary/aromatic N) is 3. The number of nitrogens with one attached hydrogen (secondary N) is 2. The second kappa shape index (κ2) is 9.41. The van der Waals surface area contributed by atoms with Gasteiger partial charge in [-0.3, -0.25) is 9.59 Å². The number of carbonyl (C=O) groups excluding carboxylic acids is 3. The number of ether oxygens (including phenoxy) is 1. The van der Waals surface area contributed by atoms with E-state index in [1.165, 1.54) is 30.7 Å². The van der Waals surface area contributed by atoms with Crippen LogP contribution < -0.4 is 10.7 Å². The minimum absolute atomic E-state index is 0.00844. The fraction of sp³-hybridized carbons (Fsp3) is 0.500. The molecule has 3 N–H and O–H groups in total. The molecule has 0 aromatic rings. The summed E-state index contributed by atoms with van der Waals surface area (Å²) in [6.45, 7) is 6.86. The lowest BCUT2D eigenvalue weighted by atomic mass is 9.98. The molecule has 29 heavy (non-hydrogen) atoms. The molecule has 158 valence electrons. The Morgan fingerprint density at radius 3 is 2.69 bits per heavy atom. The zero-order valence-corrected chi connectivity index (χ0v) is 16.8. The first-order valence-electron chi connectivity index (χ1n) is 8.46. The Kier molecular flexibility index (Phi) is 7.20. The molecule has 0 aromatic carbocycles. The summed E-state index contributed by atoms with van der Waals surface area (Å²) < 4.78 is 4.66. The Balaban J connectivity index is 2.09. The predicted molar refractivity (Wildman–Crippen MR) is 103 cm³/mol. The number of carboxylic acid groups (broad SMARTS) is 1. The topological polar surface area (TPSA) is 159 Å². The lowest BCUT2D eigenvalue weighted by Gasteiger charge is -2.52. The predicted octanol–water partition coefficient (Wildman–Crippen LogP) is -0.480. The Morgan fingerprint density at radius 2 is 2.10 bits per heavy atom. The highest BCUT2D eigenvalue weighted by Gasteiger charge is 2.56. The first-order chi connectivity index (χ1) is 13.7. The number of hydrogen-bond acceptors (Lipinski definition) is 9. The molecule has 0 aromatic heterocycles. The summed E-state index contributed by atoms with van der Waals surface area (Å²) in [6, 6.07) is -2.05. The zero-order valence-electron chi connectivity index (χ0n) is 16.0. The maximum atomic E-state index is 12.6. The summed E-state index contributed by atoms with van der Waals surface area (Å²) in [7, 11) is 1.22. The van der Waals surface area contributed by atoms with Crippen molar-refractivity contribution in [2.24, 2.45) is 10.3 Å². The van der Waals surface area contributed by atoms with Gasteiger partial charge in [0.25, 0.3) is 5.91 Å². The highest BCUT2D eigenvalue weighted by atomic mass is 32.2. The number of fused-ring (bicyclic) bond motifs is 1. The smallest absolute Gasteiger partial charge is 0.427 e. The van der Waals surface area contributed by atoms with Crippen LogP contribution in [0.15, 0.2) is 22.4 Å². The molecule has 3 amide bonds. The third kappa shape index (κ3) is 4.67. The van der Waals surface area contributed by atoms with E-state index in [1.807, 2.05) is 0 Å². The van der Waals surface area contributed by atoms with E-state index in [-0.39, 0.29) is 18.0 Å². The van der Waals surface area contributed by atoms with Crippen LogP contribution in [-0.2, 0) is 24.0 Å². The van der Waals surface area contributed by atoms with Crippen LogP contribution in [0.25, 0.3) is 0 Å². The van der Waals surface area contributed by atoms with Crippen LogP contribution in [0.2, 0.25) is 0 Å². The third-order valence-electron chi connectivity index (χ3n) is 4.04. The average molecular weight is 427 g/mol. The zero-order chi connectivity index (χ0) is 21.7. The van der Waals surface area contributed by atoms with Gasteiger partial charge in [-0.25, -0.2) is 15.0 Å². The molecule has 2 fully saturated rings. The van der Waals surface area contributed by atoms with Crippen LogP contribution in [0.3, 0.4) is 0 Å². The van der Waals surface area contributed by atoms with Gasteiger partial charge < -0.3 is 24.9 Å². The van der Waals surface area contributed by atoms with Crippen molar-refractivity contribution in [3.63, 3.8) is 0 Å². The molecular formula is C16H21N5O7S. The molecule has 2 saturated heterocycles. The summed E-state index contributed by atoms with van der Waals surface area (Å²) in [4.78, 5) is 53.6. The van der Waals surface area contributed by atoms with Gasteiger partial charge in [0.1, 0.15) is 18.5 Å². The molecule has 12 nitrogen and oxygen atoms in total. The SMILES string of the molecule is C=C1CS[C@@H]2C(NC(=O)C(=NOC)C(C)=NNC(=O)OCC)C(=O)N2C1C(=O)O. The van der Waals surface area contributed by atoms with Gasteiger partial charge in [0.05, 0.1) is 12.3 Å². The fourth-order valence-corrected chi connectivity index (χ4v) is 4.06. The van der Waals surface area contributed by atoms with E-state index in [0.29, 0.717) is 11.3 Å². The number of oxime groups is 1. The lowest BCUT2D eigenvalue weighted by molar-refractivity contribution is -0.159. The third-order valence-corrected chi connectivity index (χ3v) is 5.41. The van der Waals surface area contributed by atoms with Crippen LogP contribution in [0.4, 0.5) is 4.79 Å². The number of hydrazone groups is 1. The number of carboxylic acids is 1. The van der Waals surface area contributed by atoms with Crippen LogP contribution in [-0.4, -0.2) is 82.2 Å². The number of rotatable bonds is 7. The van der Waals surface area contributed by atoms with Crippen molar-refractivity contribution in [1.82, 2.24) is 15.6 Å². The van der Waals surface area contributed by atoms with Gasteiger partial charge in [0.2, 0.25) is 5.91 Å². The van der Waals surface area contributed by atoms with Crippen molar-refractivity contribution in [3.05, 3.63) is 12.2 Å². The second-order valence-corrected chi connectivity index (χ2v) is 7.05. The molecule has 2 heterocycles. The Bertz CT molecular complexity index is 797. The van der Waals surface area contributed by atoms with E-state index >= 15 is 0 Å². The molecule has 0 spiro atoms. The number of carbonyl (C=O) groups is 4. The molecule has 0 radical (unpaired) electrons. The summed E-state index contributed by atoms with van der Waals surface area (Å²) in [5.74, 6) is -2.14. The van der Waals surface area contributed by atoms with Crippen molar-refractivity contribution in [2.45, 2.75) is 31.3 Å². The van der Waals surface area contributed by atoms with E-state index in [9.17, 15) is 24.3 Å². The average Bonchev–Trinajstić information content (AvgIpc) is 2.67. The first-order valence-corrected chi connectivity index (χ1v) is 9.51.